The number of benzene rings is 1. The van der Waals surface area contributed by atoms with E-state index in [1.54, 1.807) is 30.2 Å². The van der Waals surface area contributed by atoms with Crippen molar-refractivity contribution in [2.45, 2.75) is 0 Å². The number of anilines is 1. The first-order valence-electron chi connectivity index (χ1n) is 9.32. The van der Waals surface area contributed by atoms with Gasteiger partial charge in [-0.2, -0.15) is 10.2 Å². The number of amides is 2. The first kappa shape index (κ1) is 20.4. The van der Waals surface area contributed by atoms with E-state index in [0.29, 0.717) is 23.2 Å². The lowest BCUT2D eigenvalue weighted by atomic mass is 10.1. The molecule has 0 fully saturated rings. The Hall–Kier alpha value is -3.86. The standard InChI is InChI=1S/C20H19F2N7O2/c1-29-10-11(8-25-29)19-13-7-16(24-9-17(13)27-28-19)18-14(21)5-12(6-15(18)22)26-20(30)23-3-4-31-2/h5-10H,3-4H2,1-2H3,(H,27,28)(H2,23,26,30). The van der Waals surface area contributed by atoms with Crippen molar-refractivity contribution >= 4 is 22.6 Å². The zero-order chi connectivity index (χ0) is 22.0. The fourth-order valence-electron chi connectivity index (χ4n) is 3.15. The molecule has 0 radical (unpaired) electrons. The molecule has 11 heteroatoms. The summed E-state index contributed by atoms with van der Waals surface area (Å²) >= 11 is 0. The second-order valence-corrected chi connectivity index (χ2v) is 6.78. The molecule has 31 heavy (non-hydrogen) atoms. The van der Waals surface area contributed by atoms with Gasteiger partial charge in [0, 0.05) is 43.5 Å². The van der Waals surface area contributed by atoms with Gasteiger partial charge in [-0.1, -0.05) is 0 Å². The number of pyridine rings is 1. The summed E-state index contributed by atoms with van der Waals surface area (Å²) in [4.78, 5) is 16.0. The van der Waals surface area contributed by atoms with E-state index in [1.165, 1.54) is 13.3 Å². The molecule has 0 spiro atoms. The van der Waals surface area contributed by atoms with Gasteiger partial charge >= 0.3 is 6.03 Å². The van der Waals surface area contributed by atoms with E-state index in [4.69, 9.17) is 4.74 Å². The number of aromatic nitrogens is 5. The third kappa shape index (κ3) is 4.21. The number of nitrogens with one attached hydrogen (secondary N) is 3. The number of aromatic amines is 1. The summed E-state index contributed by atoms with van der Waals surface area (Å²) in [5, 5.41) is 16.8. The molecule has 0 aliphatic rings. The summed E-state index contributed by atoms with van der Waals surface area (Å²) < 4.78 is 36.1. The Bertz CT molecular complexity index is 1230. The number of rotatable bonds is 6. The minimum atomic E-state index is -0.856. The van der Waals surface area contributed by atoms with Crippen LogP contribution in [-0.4, -0.2) is 51.3 Å². The SMILES string of the molecule is COCCNC(=O)Nc1cc(F)c(-c2cc3c(-c4cnn(C)c4)n[nH]c3cn2)c(F)c1. The molecule has 3 heterocycles. The quantitative estimate of drug-likeness (QED) is 0.410. The Labute approximate surface area is 175 Å². The molecule has 0 unspecified atom stereocenters. The fraction of sp³-hybridized carbons (Fsp3) is 0.200. The van der Waals surface area contributed by atoms with Gasteiger partial charge < -0.3 is 15.4 Å². The monoisotopic (exact) mass is 427 g/mol. The fourth-order valence-corrected chi connectivity index (χ4v) is 3.15. The topological polar surface area (TPSA) is 110 Å². The van der Waals surface area contributed by atoms with Crippen molar-refractivity contribution in [2.75, 3.05) is 25.6 Å². The summed E-state index contributed by atoms with van der Waals surface area (Å²) in [5.41, 5.74) is 1.75. The molecule has 160 valence electrons. The van der Waals surface area contributed by atoms with Gasteiger partial charge in [-0.05, 0) is 18.2 Å². The van der Waals surface area contributed by atoms with Crippen LogP contribution in [0.15, 0.2) is 36.8 Å². The first-order valence-corrected chi connectivity index (χ1v) is 9.32. The molecular weight excluding hydrogens is 408 g/mol. The lowest BCUT2D eigenvalue weighted by Crippen LogP contribution is -2.31. The maximum absolute atomic E-state index is 14.8. The molecule has 1 aromatic carbocycles. The van der Waals surface area contributed by atoms with E-state index in [0.717, 1.165) is 17.7 Å². The van der Waals surface area contributed by atoms with Crippen LogP contribution < -0.4 is 10.6 Å². The first-order chi connectivity index (χ1) is 15.0. The molecule has 0 aliphatic carbocycles. The predicted octanol–water partition coefficient (Wildman–Crippen LogP) is 3.07. The molecule has 2 amide bonds. The van der Waals surface area contributed by atoms with Crippen molar-refractivity contribution in [1.82, 2.24) is 30.3 Å². The van der Waals surface area contributed by atoms with Crippen molar-refractivity contribution in [3.05, 3.63) is 48.4 Å². The highest BCUT2D eigenvalue weighted by Crippen LogP contribution is 2.32. The number of nitrogens with zero attached hydrogens (tertiary/aromatic N) is 4. The van der Waals surface area contributed by atoms with E-state index in [9.17, 15) is 13.6 Å². The molecule has 3 aromatic heterocycles. The van der Waals surface area contributed by atoms with Gasteiger partial charge in [-0.25, -0.2) is 13.6 Å². The van der Waals surface area contributed by atoms with Crippen molar-refractivity contribution in [2.24, 2.45) is 7.05 Å². The Morgan fingerprint density at radius 1 is 1.23 bits per heavy atom. The number of carbonyl (C=O) groups excluding carboxylic acids is 1. The molecule has 4 aromatic rings. The number of urea groups is 1. The highest BCUT2D eigenvalue weighted by atomic mass is 19.1. The second kappa shape index (κ2) is 8.48. The lowest BCUT2D eigenvalue weighted by Gasteiger charge is -2.10. The van der Waals surface area contributed by atoms with E-state index >= 15 is 0 Å². The smallest absolute Gasteiger partial charge is 0.319 e. The van der Waals surface area contributed by atoms with Crippen LogP contribution in [0.4, 0.5) is 19.3 Å². The minimum absolute atomic E-state index is 0.0193. The summed E-state index contributed by atoms with van der Waals surface area (Å²) in [7, 11) is 3.28. The highest BCUT2D eigenvalue weighted by molar-refractivity contribution is 5.94. The number of hydrogen-bond acceptors (Lipinski definition) is 5. The van der Waals surface area contributed by atoms with Gasteiger partial charge in [0.2, 0.25) is 0 Å². The van der Waals surface area contributed by atoms with Gasteiger partial charge in [-0.15, -0.1) is 0 Å². The van der Waals surface area contributed by atoms with Crippen molar-refractivity contribution in [3.8, 4) is 22.5 Å². The van der Waals surface area contributed by atoms with Crippen LogP contribution in [-0.2, 0) is 11.8 Å². The Morgan fingerprint density at radius 3 is 2.68 bits per heavy atom. The number of ether oxygens (including phenoxy) is 1. The summed E-state index contributed by atoms with van der Waals surface area (Å²) in [6, 6.07) is 3.05. The molecule has 0 atom stereocenters. The summed E-state index contributed by atoms with van der Waals surface area (Å²) in [6.07, 6.45) is 4.90. The van der Waals surface area contributed by atoms with Crippen LogP contribution >= 0.6 is 0 Å². The summed E-state index contributed by atoms with van der Waals surface area (Å²) in [6.45, 7) is 0.581. The van der Waals surface area contributed by atoms with Crippen LogP contribution in [0.3, 0.4) is 0 Å². The average molecular weight is 427 g/mol. The zero-order valence-corrected chi connectivity index (χ0v) is 16.7. The maximum Gasteiger partial charge on any atom is 0.319 e. The Morgan fingerprint density at radius 2 is 2.00 bits per heavy atom. The van der Waals surface area contributed by atoms with Crippen LogP contribution in [0.5, 0.6) is 0 Å². The molecule has 3 N–H and O–H groups in total. The van der Waals surface area contributed by atoms with Crippen molar-refractivity contribution < 1.29 is 18.3 Å². The second-order valence-electron chi connectivity index (χ2n) is 6.78. The molecule has 9 nitrogen and oxygen atoms in total. The van der Waals surface area contributed by atoms with E-state index < -0.39 is 17.7 Å². The van der Waals surface area contributed by atoms with Crippen molar-refractivity contribution in [1.29, 1.82) is 0 Å². The summed E-state index contributed by atoms with van der Waals surface area (Å²) in [5.74, 6) is -1.71. The van der Waals surface area contributed by atoms with Crippen LogP contribution in [0, 0.1) is 11.6 Å². The van der Waals surface area contributed by atoms with Crippen LogP contribution in [0.25, 0.3) is 33.4 Å². The number of fused-ring (bicyclic) bond motifs is 1. The Kier molecular flexibility index (Phi) is 5.58. The van der Waals surface area contributed by atoms with Gasteiger partial charge in [0.1, 0.15) is 17.3 Å². The number of H-pyrrole nitrogens is 1. The van der Waals surface area contributed by atoms with Crippen molar-refractivity contribution in [3.63, 3.8) is 0 Å². The molecular formula is C20H19F2N7O2. The van der Waals surface area contributed by atoms with Gasteiger partial charge in [-0.3, -0.25) is 14.8 Å². The number of halogens is 2. The molecule has 0 aliphatic heterocycles. The maximum atomic E-state index is 14.8. The molecule has 0 saturated heterocycles. The van der Waals surface area contributed by atoms with Gasteiger partial charge in [0.15, 0.2) is 0 Å². The van der Waals surface area contributed by atoms with E-state index in [2.05, 4.69) is 30.9 Å². The normalized spacial score (nSPS) is 11.1. The number of carbonyl (C=O) groups is 1. The lowest BCUT2D eigenvalue weighted by molar-refractivity contribution is 0.198. The van der Waals surface area contributed by atoms with Crippen LogP contribution in [0.1, 0.15) is 0 Å². The van der Waals surface area contributed by atoms with Crippen LogP contribution in [0.2, 0.25) is 0 Å². The minimum Gasteiger partial charge on any atom is -0.383 e. The number of aryl methyl sites for hydroxylation is 1. The largest absolute Gasteiger partial charge is 0.383 e. The number of hydrogen-bond donors (Lipinski definition) is 3. The number of methoxy groups -OCH3 is 1. The van der Waals surface area contributed by atoms with Gasteiger partial charge in [0.25, 0.3) is 0 Å². The zero-order valence-electron chi connectivity index (χ0n) is 16.7. The highest BCUT2D eigenvalue weighted by Gasteiger charge is 2.18. The molecule has 0 bridgehead atoms. The van der Waals surface area contributed by atoms with E-state index in [-0.39, 0.29) is 23.5 Å². The Balaban J connectivity index is 1.65. The molecule has 0 saturated carbocycles. The third-order valence-corrected chi connectivity index (χ3v) is 4.57. The average Bonchev–Trinajstić information content (AvgIpc) is 3.33. The third-order valence-electron chi connectivity index (χ3n) is 4.57. The van der Waals surface area contributed by atoms with Gasteiger partial charge in [0.05, 0.1) is 35.8 Å². The molecule has 4 rings (SSSR count). The van der Waals surface area contributed by atoms with E-state index in [1.807, 2.05) is 0 Å². The predicted molar refractivity (Wildman–Crippen MR) is 110 cm³/mol.